The van der Waals surface area contributed by atoms with Crippen LogP contribution in [0.5, 0.6) is 0 Å². The fourth-order valence-electron chi connectivity index (χ4n) is 1.04. The molecule has 2 heteroatoms. The molecule has 0 spiro atoms. The molecule has 0 amide bonds. The molecular weight excluding hydrogens is 176 g/mol. The molecule has 0 aliphatic rings. The number of carbonyl (C=O) groups excluding carboxylic acids is 1. The summed E-state index contributed by atoms with van der Waals surface area (Å²) < 4.78 is 5.03. The zero-order chi connectivity index (χ0) is 10.6. The van der Waals surface area contributed by atoms with E-state index >= 15 is 0 Å². The molecule has 0 aromatic heterocycles. The molecule has 1 aromatic rings. The summed E-state index contributed by atoms with van der Waals surface area (Å²) in [5, 5.41) is 0. The lowest BCUT2D eigenvalue weighted by Gasteiger charge is -2.06. The van der Waals surface area contributed by atoms with Gasteiger partial charge in [-0.3, -0.25) is 0 Å². The van der Waals surface area contributed by atoms with Crippen molar-refractivity contribution in [3.05, 3.63) is 47.5 Å². The Morgan fingerprint density at radius 1 is 1.43 bits per heavy atom. The van der Waals surface area contributed by atoms with E-state index in [1.807, 2.05) is 31.2 Å². The van der Waals surface area contributed by atoms with Gasteiger partial charge in [-0.2, -0.15) is 0 Å². The summed E-state index contributed by atoms with van der Waals surface area (Å²) in [7, 11) is 0. The van der Waals surface area contributed by atoms with Gasteiger partial charge < -0.3 is 4.74 Å². The molecule has 0 aliphatic heterocycles. The summed E-state index contributed by atoms with van der Waals surface area (Å²) in [5.41, 5.74) is 2.59. The second-order valence-electron chi connectivity index (χ2n) is 3.28. The Hall–Kier alpha value is -1.57. The van der Waals surface area contributed by atoms with Crippen LogP contribution in [0.4, 0.5) is 0 Å². The number of hydrogen-bond donors (Lipinski definition) is 0. The van der Waals surface area contributed by atoms with Crippen molar-refractivity contribution in [1.29, 1.82) is 0 Å². The van der Waals surface area contributed by atoms with Crippen molar-refractivity contribution in [1.82, 2.24) is 0 Å². The van der Waals surface area contributed by atoms with Crippen LogP contribution >= 0.6 is 0 Å². The molecule has 0 saturated heterocycles. The minimum atomic E-state index is -0.340. The van der Waals surface area contributed by atoms with Crippen LogP contribution in [0.1, 0.15) is 18.1 Å². The van der Waals surface area contributed by atoms with Crippen molar-refractivity contribution in [3.8, 4) is 0 Å². The SMILES string of the molecule is C=C(C)C(=O)OCc1ccccc1C. The molecule has 14 heavy (non-hydrogen) atoms. The van der Waals surface area contributed by atoms with Gasteiger partial charge >= 0.3 is 5.97 Å². The maximum absolute atomic E-state index is 11.1. The lowest BCUT2D eigenvalue weighted by molar-refractivity contribution is -0.140. The number of hydrogen-bond acceptors (Lipinski definition) is 2. The topological polar surface area (TPSA) is 26.3 Å². The third-order valence-electron chi connectivity index (χ3n) is 1.97. The van der Waals surface area contributed by atoms with Gasteiger partial charge in [0.25, 0.3) is 0 Å². The molecular formula is C12H14O2. The summed E-state index contributed by atoms with van der Waals surface area (Å²) in [4.78, 5) is 11.1. The molecule has 0 bridgehead atoms. The number of ether oxygens (including phenoxy) is 1. The predicted octanol–water partition coefficient (Wildman–Crippen LogP) is 2.61. The lowest BCUT2D eigenvalue weighted by Crippen LogP contribution is -2.05. The lowest BCUT2D eigenvalue weighted by atomic mass is 10.1. The summed E-state index contributed by atoms with van der Waals surface area (Å²) in [5.74, 6) is -0.340. The highest BCUT2D eigenvalue weighted by atomic mass is 16.5. The van der Waals surface area contributed by atoms with Gasteiger partial charge in [0.1, 0.15) is 6.61 Å². The van der Waals surface area contributed by atoms with Gasteiger partial charge in [0.15, 0.2) is 0 Å². The summed E-state index contributed by atoms with van der Waals surface area (Å²) in [6.45, 7) is 7.46. The van der Waals surface area contributed by atoms with Crippen molar-refractivity contribution in [3.63, 3.8) is 0 Å². The quantitative estimate of drug-likeness (QED) is 0.541. The second kappa shape index (κ2) is 4.61. The molecule has 1 rings (SSSR count). The zero-order valence-electron chi connectivity index (χ0n) is 8.54. The molecule has 2 nitrogen and oxygen atoms in total. The molecule has 0 aliphatic carbocycles. The first-order valence-electron chi connectivity index (χ1n) is 4.48. The monoisotopic (exact) mass is 190 g/mol. The molecule has 74 valence electrons. The predicted molar refractivity (Wildman–Crippen MR) is 55.8 cm³/mol. The van der Waals surface area contributed by atoms with Crippen LogP contribution in [0.3, 0.4) is 0 Å². The van der Waals surface area contributed by atoms with E-state index in [1.165, 1.54) is 0 Å². The van der Waals surface area contributed by atoms with Gasteiger partial charge in [0, 0.05) is 5.57 Å². The van der Waals surface area contributed by atoms with Crippen LogP contribution in [-0.2, 0) is 16.1 Å². The normalized spacial score (nSPS) is 9.57. The van der Waals surface area contributed by atoms with Crippen LogP contribution in [0, 0.1) is 6.92 Å². The molecule has 0 heterocycles. The van der Waals surface area contributed by atoms with E-state index in [4.69, 9.17) is 4.74 Å². The molecule has 0 fully saturated rings. The molecule has 0 N–H and O–H groups in total. The highest BCUT2D eigenvalue weighted by Gasteiger charge is 2.04. The fraction of sp³-hybridized carbons (Fsp3) is 0.250. The molecule has 0 atom stereocenters. The van der Waals surface area contributed by atoms with Crippen LogP contribution in [-0.4, -0.2) is 5.97 Å². The Morgan fingerprint density at radius 3 is 2.64 bits per heavy atom. The average molecular weight is 190 g/mol. The second-order valence-corrected chi connectivity index (χ2v) is 3.28. The van der Waals surface area contributed by atoms with E-state index in [-0.39, 0.29) is 5.97 Å². The van der Waals surface area contributed by atoms with E-state index in [9.17, 15) is 4.79 Å². The Balaban J connectivity index is 2.58. The van der Waals surface area contributed by atoms with Gasteiger partial charge in [0.2, 0.25) is 0 Å². The average Bonchev–Trinajstić information content (AvgIpc) is 2.16. The van der Waals surface area contributed by atoms with Crippen molar-refractivity contribution in [2.75, 3.05) is 0 Å². The zero-order valence-corrected chi connectivity index (χ0v) is 8.54. The largest absolute Gasteiger partial charge is 0.457 e. The van der Waals surface area contributed by atoms with Crippen molar-refractivity contribution in [2.45, 2.75) is 20.5 Å². The summed E-state index contributed by atoms with van der Waals surface area (Å²) in [6.07, 6.45) is 0. The highest BCUT2D eigenvalue weighted by molar-refractivity contribution is 5.86. The number of carbonyl (C=O) groups is 1. The standard InChI is InChI=1S/C12H14O2/c1-9(2)12(13)14-8-11-7-5-4-6-10(11)3/h4-7H,1,8H2,2-3H3. The summed E-state index contributed by atoms with van der Waals surface area (Å²) in [6, 6.07) is 7.82. The van der Waals surface area contributed by atoms with E-state index in [1.54, 1.807) is 6.92 Å². The van der Waals surface area contributed by atoms with Gasteiger partial charge in [0.05, 0.1) is 0 Å². The smallest absolute Gasteiger partial charge is 0.333 e. The maximum atomic E-state index is 11.1. The highest BCUT2D eigenvalue weighted by Crippen LogP contribution is 2.09. The van der Waals surface area contributed by atoms with Crippen LogP contribution in [0.2, 0.25) is 0 Å². The molecule has 0 radical (unpaired) electrons. The third kappa shape index (κ3) is 2.73. The Kier molecular flexibility index (Phi) is 3.46. The third-order valence-corrected chi connectivity index (χ3v) is 1.97. The van der Waals surface area contributed by atoms with Gasteiger partial charge in [-0.1, -0.05) is 30.8 Å². The van der Waals surface area contributed by atoms with Crippen LogP contribution < -0.4 is 0 Å². The van der Waals surface area contributed by atoms with Crippen LogP contribution in [0.25, 0.3) is 0 Å². The van der Waals surface area contributed by atoms with E-state index in [2.05, 4.69) is 6.58 Å². The van der Waals surface area contributed by atoms with Gasteiger partial charge in [-0.15, -0.1) is 0 Å². The molecule has 1 aromatic carbocycles. The number of aryl methyl sites for hydroxylation is 1. The van der Waals surface area contributed by atoms with E-state index < -0.39 is 0 Å². The molecule has 0 saturated carbocycles. The molecule has 0 unspecified atom stereocenters. The van der Waals surface area contributed by atoms with Gasteiger partial charge in [-0.05, 0) is 25.0 Å². The van der Waals surface area contributed by atoms with Crippen molar-refractivity contribution < 1.29 is 9.53 Å². The number of benzene rings is 1. The van der Waals surface area contributed by atoms with E-state index in [0.29, 0.717) is 12.2 Å². The van der Waals surface area contributed by atoms with Crippen molar-refractivity contribution in [2.24, 2.45) is 0 Å². The Bertz CT molecular complexity index is 353. The first-order chi connectivity index (χ1) is 6.61. The van der Waals surface area contributed by atoms with Crippen molar-refractivity contribution >= 4 is 5.97 Å². The maximum Gasteiger partial charge on any atom is 0.333 e. The van der Waals surface area contributed by atoms with Crippen LogP contribution in [0.15, 0.2) is 36.4 Å². The van der Waals surface area contributed by atoms with Gasteiger partial charge in [-0.25, -0.2) is 4.79 Å². The number of esters is 1. The summed E-state index contributed by atoms with van der Waals surface area (Å²) >= 11 is 0. The Labute approximate surface area is 84.2 Å². The minimum absolute atomic E-state index is 0.318. The first-order valence-corrected chi connectivity index (χ1v) is 4.48. The minimum Gasteiger partial charge on any atom is -0.457 e. The van der Waals surface area contributed by atoms with E-state index in [0.717, 1.165) is 11.1 Å². The number of rotatable bonds is 3. The fourth-order valence-corrected chi connectivity index (χ4v) is 1.04. The Morgan fingerprint density at radius 2 is 2.07 bits per heavy atom. The first kappa shape index (κ1) is 10.5.